The molecule has 0 heterocycles. The Kier molecular flexibility index (Phi) is 6.75. The first-order valence-corrected chi connectivity index (χ1v) is 5.44. The molecule has 0 radical (unpaired) electrons. The molecule has 0 aliphatic carbocycles. The first kappa shape index (κ1) is 12.5. The summed E-state index contributed by atoms with van der Waals surface area (Å²) in [5.74, 6) is 1.53. The summed E-state index contributed by atoms with van der Waals surface area (Å²) in [6, 6.07) is 0. The molecule has 0 saturated carbocycles. The van der Waals surface area contributed by atoms with Crippen LogP contribution in [0.2, 0.25) is 0 Å². The zero-order valence-electron chi connectivity index (χ0n) is 9.69. The standard InChI is InChI=1S/C12H25N/c1-10(2)7-6-8-13-12(5)9-11(3)4/h10-11,13H,5-9H2,1-4H3. The minimum atomic E-state index is 0.713. The minimum Gasteiger partial charge on any atom is -0.389 e. The fraction of sp³-hybridized carbons (Fsp3) is 0.833. The number of rotatable bonds is 7. The summed E-state index contributed by atoms with van der Waals surface area (Å²) in [5, 5.41) is 3.37. The van der Waals surface area contributed by atoms with Gasteiger partial charge in [-0.3, -0.25) is 0 Å². The van der Waals surface area contributed by atoms with Crippen LogP contribution in [0.4, 0.5) is 0 Å². The van der Waals surface area contributed by atoms with E-state index in [-0.39, 0.29) is 0 Å². The summed E-state index contributed by atoms with van der Waals surface area (Å²) in [6.07, 6.45) is 3.67. The smallest absolute Gasteiger partial charge is 0.0143 e. The lowest BCUT2D eigenvalue weighted by molar-refractivity contribution is 0.531. The molecule has 78 valence electrons. The molecule has 0 bridgehead atoms. The SMILES string of the molecule is C=C(CC(C)C)NCCCC(C)C. The molecule has 0 aliphatic heterocycles. The highest BCUT2D eigenvalue weighted by molar-refractivity contribution is 4.91. The van der Waals surface area contributed by atoms with E-state index in [0.717, 1.165) is 18.9 Å². The Bertz CT molecular complexity index is 136. The van der Waals surface area contributed by atoms with Gasteiger partial charge in [0.05, 0.1) is 0 Å². The van der Waals surface area contributed by atoms with E-state index in [1.807, 2.05) is 0 Å². The van der Waals surface area contributed by atoms with E-state index in [1.165, 1.54) is 18.5 Å². The summed E-state index contributed by atoms with van der Waals surface area (Å²) >= 11 is 0. The van der Waals surface area contributed by atoms with Crippen LogP contribution in [-0.2, 0) is 0 Å². The van der Waals surface area contributed by atoms with E-state index in [9.17, 15) is 0 Å². The van der Waals surface area contributed by atoms with Crippen LogP contribution >= 0.6 is 0 Å². The molecule has 0 aliphatic rings. The van der Waals surface area contributed by atoms with E-state index < -0.39 is 0 Å². The highest BCUT2D eigenvalue weighted by Crippen LogP contribution is 2.06. The van der Waals surface area contributed by atoms with Crippen LogP contribution in [0.3, 0.4) is 0 Å². The number of hydrogen-bond donors (Lipinski definition) is 1. The van der Waals surface area contributed by atoms with Crippen molar-refractivity contribution in [3.63, 3.8) is 0 Å². The first-order valence-electron chi connectivity index (χ1n) is 5.44. The summed E-state index contributed by atoms with van der Waals surface area (Å²) < 4.78 is 0. The van der Waals surface area contributed by atoms with Gasteiger partial charge in [-0.1, -0.05) is 34.3 Å². The predicted octanol–water partition coefficient (Wildman–Crippen LogP) is 3.57. The van der Waals surface area contributed by atoms with Crippen LogP contribution in [0.5, 0.6) is 0 Å². The number of hydrogen-bond acceptors (Lipinski definition) is 1. The molecular formula is C12H25N. The molecule has 0 spiro atoms. The normalized spacial score (nSPS) is 10.9. The van der Waals surface area contributed by atoms with Gasteiger partial charge in [0.25, 0.3) is 0 Å². The van der Waals surface area contributed by atoms with E-state index in [0.29, 0.717) is 5.92 Å². The molecule has 0 amide bonds. The summed E-state index contributed by atoms with van der Waals surface area (Å²) in [6.45, 7) is 14.1. The number of allylic oxidation sites excluding steroid dienone is 1. The van der Waals surface area contributed by atoms with Crippen molar-refractivity contribution in [1.82, 2.24) is 5.32 Å². The maximum Gasteiger partial charge on any atom is 0.0143 e. The van der Waals surface area contributed by atoms with Crippen molar-refractivity contribution >= 4 is 0 Å². The first-order chi connectivity index (χ1) is 6.02. The van der Waals surface area contributed by atoms with Crippen molar-refractivity contribution in [3.8, 4) is 0 Å². The lowest BCUT2D eigenvalue weighted by Crippen LogP contribution is -2.15. The third-order valence-corrected chi connectivity index (χ3v) is 1.99. The van der Waals surface area contributed by atoms with E-state index in [1.54, 1.807) is 0 Å². The van der Waals surface area contributed by atoms with Gasteiger partial charge in [-0.2, -0.15) is 0 Å². The quantitative estimate of drug-likeness (QED) is 0.595. The van der Waals surface area contributed by atoms with E-state index in [2.05, 4.69) is 39.6 Å². The molecule has 0 atom stereocenters. The predicted molar refractivity (Wildman–Crippen MR) is 60.7 cm³/mol. The van der Waals surface area contributed by atoms with Crippen molar-refractivity contribution in [2.45, 2.75) is 47.0 Å². The van der Waals surface area contributed by atoms with Crippen LogP contribution < -0.4 is 5.32 Å². The average molecular weight is 183 g/mol. The maximum atomic E-state index is 4.00. The summed E-state index contributed by atoms with van der Waals surface area (Å²) in [7, 11) is 0. The Hall–Kier alpha value is -0.460. The molecule has 1 nitrogen and oxygen atoms in total. The van der Waals surface area contributed by atoms with Gasteiger partial charge in [0.15, 0.2) is 0 Å². The fourth-order valence-electron chi connectivity index (χ4n) is 1.34. The monoisotopic (exact) mass is 183 g/mol. The molecule has 13 heavy (non-hydrogen) atoms. The van der Waals surface area contributed by atoms with Crippen LogP contribution in [0, 0.1) is 11.8 Å². The van der Waals surface area contributed by atoms with Gasteiger partial charge in [-0.25, -0.2) is 0 Å². The Balaban J connectivity index is 3.27. The van der Waals surface area contributed by atoms with Crippen molar-refractivity contribution in [2.24, 2.45) is 11.8 Å². The zero-order valence-corrected chi connectivity index (χ0v) is 9.69. The largest absolute Gasteiger partial charge is 0.389 e. The average Bonchev–Trinajstić information content (AvgIpc) is 1.96. The van der Waals surface area contributed by atoms with Gasteiger partial charge in [0.2, 0.25) is 0 Å². The van der Waals surface area contributed by atoms with Crippen LogP contribution in [0.25, 0.3) is 0 Å². The second-order valence-electron chi connectivity index (χ2n) is 4.66. The summed E-state index contributed by atoms with van der Waals surface area (Å²) in [4.78, 5) is 0. The summed E-state index contributed by atoms with van der Waals surface area (Å²) in [5.41, 5.74) is 1.19. The van der Waals surface area contributed by atoms with Gasteiger partial charge >= 0.3 is 0 Å². The molecule has 0 rings (SSSR count). The lowest BCUT2D eigenvalue weighted by atomic mass is 10.1. The Morgan fingerprint density at radius 2 is 1.77 bits per heavy atom. The molecule has 0 aromatic carbocycles. The molecule has 1 N–H and O–H groups in total. The van der Waals surface area contributed by atoms with E-state index in [4.69, 9.17) is 0 Å². The van der Waals surface area contributed by atoms with Crippen molar-refractivity contribution in [2.75, 3.05) is 6.54 Å². The third-order valence-electron chi connectivity index (χ3n) is 1.99. The minimum absolute atomic E-state index is 0.713. The molecular weight excluding hydrogens is 158 g/mol. The van der Waals surface area contributed by atoms with Crippen LogP contribution in [-0.4, -0.2) is 6.54 Å². The second kappa shape index (κ2) is 6.99. The lowest BCUT2D eigenvalue weighted by Gasteiger charge is -2.12. The molecule has 0 unspecified atom stereocenters. The molecule has 0 fully saturated rings. The molecule has 0 aromatic rings. The number of nitrogens with one attached hydrogen (secondary N) is 1. The van der Waals surface area contributed by atoms with Crippen molar-refractivity contribution < 1.29 is 0 Å². The zero-order chi connectivity index (χ0) is 10.3. The van der Waals surface area contributed by atoms with Gasteiger partial charge in [0, 0.05) is 12.2 Å². The second-order valence-corrected chi connectivity index (χ2v) is 4.66. The van der Waals surface area contributed by atoms with Gasteiger partial charge < -0.3 is 5.32 Å². The Labute approximate surface area is 83.6 Å². The maximum absolute atomic E-state index is 4.00. The highest BCUT2D eigenvalue weighted by atomic mass is 14.9. The third kappa shape index (κ3) is 9.45. The molecule has 0 aromatic heterocycles. The van der Waals surface area contributed by atoms with Crippen LogP contribution in [0.1, 0.15) is 47.0 Å². The fourth-order valence-corrected chi connectivity index (χ4v) is 1.34. The van der Waals surface area contributed by atoms with Crippen LogP contribution in [0.15, 0.2) is 12.3 Å². The van der Waals surface area contributed by atoms with Gasteiger partial charge in [0.1, 0.15) is 0 Å². The Morgan fingerprint density at radius 1 is 1.15 bits per heavy atom. The topological polar surface area (TPSA) is 12.0 Å². The van der Waals surface area contributed by atoms with Crippen molar-refractivity contribution in [1.29, 1.82) is 0 Å². The Morgan fingerprint density at radius 3 is 2.23 bits per heavy atom. The van der Waals surface area contributed by atoms with Crippen molar-refractivity contribution in [3.05, 3.63) is 12.3 Å². The molecule has 0 saturated heterocycles. The molecule has 1 heteroatoms. The van der Waals surface area contributed by atoms with Gasteiger partial charge in [-0.05, 0) is 31.1 Å². The van der Waals surface area contributed by atoms with Gasteiger partial charge in [-0.15, -0.1) is 0 Å². The highest BCUT2D eigenvalue weighted by Gasteiger charge is 1.98. The van der Waals surface area contributed by atoms with E-state index >= 15 is 0 Å².